The second-order valence-corrected chi connectivity index (χ2v) is 17.2. The molecule has 0 amide bonds. The molecule has 0 aliphatic rings. The Bertz CT molecular complexity index is 3490. The molecule has 9 rings (SSSR count). The van der Waals surface area contributed by atoms with Crippen molar-refractivity contribution in [3.05, 3.63) is 192 Å². The Balaban J connectivity index is 0.00000676. The summed E-state index contributed by atoms with van der Waals surface area (Å²) in [6.45, 7) is 11.2. The largest absolute Gasteiger partial charge is 0.507 e. The number of para-hydroxylation sites is 1. The van der Waals surface area contributed by atoms with Gasteiger partial charge in [-0.2, -0.15) is 0 Å². The predicted octanol–water partition coefficient (Wildman–Crippen LogP) is 15.3. The number of pyridine rings is 1. The van der Waals surface area contributed by atoms with E-state index in [1.165, 1.54) is 6.20 Å². The van der Waals surface area contributed by atoms with Crippen molar-refractivity contribution in [2.24, 2.45) is 0 Å². The second kappa shape index (κ2) is 17.4. The number of rotatable bonds is 8. The van der Waals surface area contributed by atoms with Crippen LogP contribution in [-0.4, -0.2) is 19.6 Å². The van der Waals surface area contributed by atoms with Crippen LogP contribution in [0, 0.1) is 26.8 Å². The number of imidazole rings is 1. The van der Waals surface area contributed by atoms with Gasteiger partial charge in [-0.15, -0.1) is 29.3 Å². The molecule has 9 aromatic rings. The molecular formula is C58H52N3OPt-. The minimum Gasteiger partial charge on any atom is -0.507 e. The van der Waals surface area contributed by atoms with Crippen molar-refractivity contribution in [2.75, 3.05) is 0 Å². The third-order valence-corrected chi connectivity index (χ3v) is 11.4. The molecule has 0 aliphatic carbocycles. The van der Waals surface area contributed by atoms with Crippen molar-refractivity contribution in [3.63, 3.8) is 0 Å². The van der Waals surface area contributed by atoms with Crippen LogP contribution in [0.5, 0.6) is 5.75 Å². The number of benzene rings is 7. The van der Waals surface area contributed by atoms with Crippen LogP contribution in [0.25, 0.3) is 83.9 Å². The maximum Gasteiger partial charge on any atom is 0.148 e. The van der Waals surface area contributed by atoms with Gasteiger partial charge in [-0.1, -0.05) is 160 Å². The van der Waals surface area contributed by atoms with Crippen LogP contribution in [0.3, 0.4) is 0 Å². The summed E-state index contributed by atoms with van der Waals surface area (Å²) in [7, 11) is 0. The van der Waals surface area contributed by atoms with Crippen LogP contribution >= 0.6 is 0 Å². The molecule has 0 saturated heterocycles. The molecule has 0 bridgehead atoms. The fraction of sp³-hybridized carbons (Fsp3) is 0.172. The molecule has 316 valence electrons. The Labute approximate surface area is 397 Å². The first-order chi connectivity index (χ1) is 33.0. The average Bonchev–Trinajstić information content (AvgIpc) is 3.71. The summed E-state index contributed by atoms with van der Waals surface area (Å²) < 4.78 is 70.1. The van der Waals surface area contributed by atoms with Gasteiger partial charge in [-0.05, 0) is 107 Å². The fourth-order valence-corrected chi connectivity index (χ4v) is 8.24. The molecule has 1 N–H and O–H groups in total. The Kier molecular flexibility index (Phi) is 9.45. The maximum absolute atomic E-state index is 12.0. The number of aromatic hydroxyl groups is 1. The zero-order chi connectivity index (χ0) is 50.2. The maximum atomic E-state index is 12.0. The van der Waals surface area contributed by atoms with E-state index >= 15 is 0 Å². The van der Waals surface area contributed by atoms with E-state index in [1.807, 2.05) is 100 Å². The summed E-state index contributed by atoms with van der Waals surface area (Å²) in [6, 6.07) is 43.4. The first-order valence-corrected chi connectivity index (χ1v) is 20.8. The number of hydrogen-bond donors (Lipinski definition) is 1. The standard InChI is InChI=1S/C58H52N3O.Pt/c1-36(2)48-34-50(42-18-13-10-14-19-42)54(35-49(48)41-16-11-9-12-17-41)61-53-21-15-20-47(55(53)60-57(61)51-29-38(4)28-39(5)56(51)62)44-30-45(32-46(31-44)58(6,7)8)52-33-43(26-27-59-52)40-24-22-37(3)23-25-40;/h9-29,31-36,62H,1-8H3;/q-1;/i3D3,22D,23D,24D,25D,36D;. The van der Waals surface area contributed by atoms with E-state index in [1.54, 1.807) is 12.1 Å². The van der Waals surface area contributed by atoms with E-state index in [0.717, 1.165) is 55.7 Å². The zero-order valence-corrected chi connectivity index (χ0v) is 38.6. The number of fused-ring (bicyclic) bond motifs is 1. The van der Waals surface area contributed by atoms with Crippen molar-refractivity contribution < 1.29 is 37.1 Å². The van der Waals surface area contributed by atoms with Gasteiger partial charge in [0.25, 0.3) is 0 Å². The number of hydrogen-bond acceptors (Lipinski definition) is 3. The van der Waals surface area contributed by atoms with Crippen molar-refractivity contribution in [3.8, 4) is 78.6 Å². The van der Waals surface area contributed by atoms with Crippen LogP contribution in [0.2, 0.25) is 0 Å². The van der Waals surface area contributed by atoms with Crippen LogP contribution < -0.4 is 0 Å². The topological polar surface area (TPSA) is 50.9 Å². The van der Waals surface area contributed by atoms with Crippen molar-refractivity contribution in [1.82, 2.24) is 14.5 Å². The summed E-state index contributed by atoms with van der Waals surface area (Å²) in [5.74, 6) is -0.341. The number of nitrogens with zero attached hydrogens (tertiary/aromatic N) is 3. The van der Waals surface area contributed by atoms with Crippen molar-refractivity contribution >= 4 is 11.0 Å². The molecule has 0 aliphatic heterocycles. The van der Waals surface area contributed by atoms with E-state index in [-0.39, 0.29) is 37.8 Å². The average molecular weight is 1010 g/mol. The SMILES string of the molecule is [2H]c1c([2H])c(C([2H])([2H])[2H])c([2H])c([2H])c1-c1ccnc(-c2[c-]c(-c3cccc4c3nc(-c3cc(C)cc(C)c3O)n4-c3cc(-c4ccccc4)c(C([2H])(C)C)cc3-c3ccccc3)cc(C(C)(C)C)c2)c1.[Pt]. The Morgan fingerprint density at radius 1 is 0.683 bits per heavy atom. The van der Waals surface area contributed by atoms with E-state index in [0.29, 0.717) is 44.9 Å². The van der Waals surface area contributed by atoms with E-state index in [2.05, 4.69) is 73.9 Å². The van der Waals surface area contributed by atoms with E-state index in [9.17, 15) is 6.48 Å². The number of phenolic OH excluding ortho intramolecular Hbond substituents is 1. The smallest absolute Gasteiger partial charge is 0.148 e. The van der Waals surface area contributed by atoms with Gasteiger partial charge in [0.2, 0.25) is 0 Å². The minimum absolute atomic E-state index is 0. The van der Waals surface area contributed by atoms with Crippen LogP contribution in [0.4, 0.5) is 0 Å². The fourth-order valence-electron chi connectivity index (χ4n) is 8.24. The first-order valence-electron chi connectivity index (χ1n) is 24.8. The second-order valence-electron chi connectivity index (χ2n) is 17.2. The van der Waals surface area contributed by atoms with Crippen molar-refractivity contribution in [2.45, 2.75) is 66.6 Å². The molecule has 0 fully saturated rings. The molecule has 5 heteroatoms. The van der Waals surface area contributed by atoms with Gasteiger partial charge in [-0.3, -0.25) is 9.55 Å². The number of aryl methyl sites for hydroxylation is 2. The monoisotopic (exact) mass is 1010 g/mol. The molecule has 0 saturated carbocycles. The molecule has 0 radical (unpaired) electrons. The third-order valence-electron chi connectivity index (χ3n) is 11.4. The van der Waals surface area contributed by atoms with Crippen molar-refractivity contribution in [1.29, 1.82) is 0 Å². The molecule has 7 aromatic carbocycles. The zero-order valence-electron chi connectivity index (χ0n) is 44.3. The molecule has 0 unspecified atom stereocenters. The molecule has 2 aromatic heterocycles. The number of phenols is 1. The van der Waals surface area contributed by atoms with Gasteiger partial charge in [0.15, 0.2) is 0 Å². The third kappa shape index (κ3) is 8.45. The summed E-state index contributed by atoms with van der Waals surface area (Å²) in [6.07, 6.45) is 1.54. The van der Waals surface area contributed by atoms with Gasteiger partial charge >= 0.3 is 0 Å². The van der Waals surface area contributed by atoms with Crippen LogP contribution in [0.15, 0.2) is 158 Å². The Morgan fingerprint density at radius 3 is 2.03 bits per heavy atom. The summed E-state index contributed by atoms with van der Waals surface area (Å²) in [5, 5.41) is 12.0. The Morgan fingerprint density at radius 2 is 1.37 bits per heavy atom. The summed E-state index contributed by atoms with van der Waals surface area (Å²) in [4.78, 5) is 10.2. The molecule has 0 atom stereocenters. The van der Waals surface area contributed by atoms with Gasteiger partial charge in [0.05, 0.1) is 27.8 Å². The van der Waals surface area contributed by atoms with Crippen LogP contribution in [-0.2, 0) is 26.5 Å². The quantitative estimate of drug-likeness (QED) is 0.154. The predicted molar refractivity (Wildman–Crippen MR) is 259 cm³/mol. The number of aromatic nitrogens is 3. The first kappa shape index (κ1) is 34.2. The molecule has 2 heterocycles. The van der Waals surface area contributed by atoms with Gasteiger partial charge in [0.1, 0.15) is 11.6 Å². The summed E-state index contributed by atoms with van der Waals surface area (Å²) >= 11 is 0. The van der Waals surface area contributed by atoms with Crippen LogP contribution in [0.1, 0.15) is 79.3 Å². The van der Waals surface area contributed by atoms with Gasteiger partial charge in [-0.25, -0.2) is 4.98 Å². The van der Waals surface area contributed by atoms with Gasteiger partial charge in [0, 0.05) is 44.0 Å². The van der Waals surface area contributed by atoms with Gasteiger partial charge < -0.3 is 5.11 Å². The molecular weight excluding hydrogens is 950 g/mol. The minimum atomic E-state index is -2.83. The summed E-state index contributed by atoms with van der Waals surface area (Å²) in [5.41, 5.74) is 11.8. The van der Waals surface area contributed by atoms with E-state index < -0.39 is 42.5 Å². The Hall–Kier alpha value is -6.35. The molecule has 4 nitrogen and oxygen atoms in total. The molecule has 0 spiro atoms. The normalized spacial score (nSPS) is 13.8. The molecule has 63 heavy (non-hydrogen) atoms. The van der Waals surface area contributed by atoms with E-state index in [4.69, 9.17) is 19.6 Å².